The van der Waals surface area contributed by atoms with Gasteiger partial charge in [0.2, 0.25) is 5.82 Å². The van der Waals surface area contributed by atoms with E-state index in [0.717, 1.165) is 16.9 Å². The summed E-state index contributed by atoms with van der Waals surface area (Å²) in [6.45, 7) is 1.72. The monoisotopic (exact) mass is 340 g/mol. The molecule has 0 bridgehead atoms. The van der Waals surface area contributed by atoms with E-state index in [0.29, 0.717) is 25.5 Å². The molecule has 0 aliphatic carbocycles. The fourth-order valence-corrected chi connectivity index (χ4v) is 2.53. The van der Waals surface area contributed by atoms with Crippen molar-refractivity contribution in [2.45, 2.75) is 12.8 Å². The molecule has 2 aromatic heterocycles. The Bertz CT molecular complexity index is 819. The molecule has 0 saturated carbocycles. The number of ether oxygens (including phenoxy) is 1. The summed E-state index contributed by atoms with van der Waals surface area (Å²) in [6, 6.07) is 11.1. The van der Waals surface area contributed by atoms with Crippen LogP contribution in [-0.2, 0) is 6.61 Å². The van der Waals surface area contributed by atoms with Crippen LogP contribution in [0.5, 0.6) is 5.75 Å². The molecular formula is C18H17FN4O2. The molecule has 1 atom stereocenters. The van der Waals surface area contributed by atoms with Crippen LogP contribution in [0.25, 0.3) is 11.4 Å². The Morgan fingerprint density at radius 1 is 1.24 bits per heavy atom. The maximum atomic E-state index is 14.2. The number of nitrogens with zero attached hydrogens (tertiary/aromatic N) is 3. The van der Waals surface area contributed by atoms with Gasteiger partial charge in [0.15, 0.2) is 6.17 Å². The molecule has 7 heteroatoms. The van der Waals surface area contributed by atoms with Crippen LogP contribution in [0.15, 0.2) is 53.3 Å². The summed E-state index contributed by atoms with van der Waals surface area (Å²) < 4.78 is 25.0. The molecule has 25 heavy (non-hydrogen) atoms. The van der Waals surface area contributed by atoms with Crippen LogP contribution < -0.4 is 10.1 Å². The van der Waals surface area contributed by atoms with E-state index in [-0.39, 0.29) is 11.8 Å². The largest absolute Gasteiger partial charge is 0.489 e. The summed E-state index contributed by atoms with van der Waals surface area (Å²) in [6.07, 6.45) is 2.27. The standard InChI is InChI=1S/C18H17FN4O2/c19-16(14-9-21-10-14)18-22-17(23-25-18)13-3-5-15(6-4-13)24-11-12-2-1-7-20-8-12/h1-8,14,16,21H,9-11H2. The molecular weight excluding hydrogens is 323 g/mol. The van der Waals surface area contributed by atoms with Crippen molar-refractivity contribution in [3.63, 3.8) is 0 Å². The second-order valence-electron chi connectivity index (χ2n) is 5.95. The van der Waals surface area contributed by atoms with Gasteiger partial charge >= 0.3 is 0 Å². The minimum atomic E-state index is -1.22. The van der Waals surface area contributed by atoms with Gasteiger partial charge in [-0.05, 0) is 30.3 Å². The summed E-state index contributed by atoms with van der Waals surface area (Å²) in [5.41, 5.74) is 1.75. The van der Waals surface area contributed by atoms with Gasteiger partial charge in [-0.3, -0.25) is 4.98 Å². The molecule has 3 aromatic rings. The van der Waals surface area contributed by atoms with Gasteiger partial charge in [-0.2, -0.15) is 4.98 Å². The van der Waals surface area contributed by atoms with E-state index in [4.69, 9.17) is 9.26 Å². The van der Waals surface area contributed by atoms with Gasteiger partial charge < -0.3 is 14.6 Å². The van der Waals surface area contributed by atoms with Crippen LogP contribution in [0.1, 0.15) is 17.6 Å². The first kappa shape index (κ1) is 15.7. The Balaban J connectivity index is 1.40. The van der Waals surface area contributed by atoms with Gasteiger partial charge in [0, 0.05) is 42.5 Å². The molecule has 0 radical (unpaired) electrons. The molecule has 1 aromatic carbocycles. The van der Waals surface area contributed by atoms with E-state index in [1.54, 1.807) is 12.4 Å². The Labute approximate surface area is 144 Å². The molecule has 1 unspecified atom stereocenters. The summed E-state index contributed by atoms with van der Waals surface area (Å²) in [5.74, 6) is 1.05. The molecule has 0 spiro atoms. The second-order valence-corrected chi connectivity index (χ2v) is 5.95. The van der Waals surface area contributed by atoms with E-state index < -0.39 is 6.17 Å². The van der Waals surface area contributed by atoms with Gasteiger partial charge in [-0.25, -0.2) is 4.39 Å². The van der Waals surface area contributed by atoms with Gasteiger partial charge in [-0.1, -0.05) is 11.2 Å². The maximum Gasteiger partial charge on any atom is 0.261 e. The van der Waals surface area contributed by atoms with Crippen molar-refractivity contribution in [3.05, 3.63) is 60.2 Å². The molecule has 1 aliphatic rings. The van der Waals surface area contributed by atoms with Crippen molar-refractivity contribution in [1.29, 1.82) is 0 Å². The highest BCUT2D eigenvalue weighted by Crippen LogP contribution is 2.29. The predicted octanol–water partition coefficient (Wildman–Crippen LogP) is 2.94. The Kier molecular flexibility index (Phi) is 4.39. The number of pyridine rings is 1. The molecule has 3 heterocycles. The number of hydrogen-bond acceptors (Lipinski definition) is 6. The zero-order valence-electron chi connectivity index (χ0n) is 13.4. The number of alkyl halides is 1. The maximum absolute atomic E-state index is 14.2. The lowest BCUT2D eigenvalue weighted by Crippen LogP contribution is -2.44. The fourth-order valence-electron chi connectivity index (χ4n) is 2.53. The van der Waals surface area contributed by atoms with Gasteiger partial charge in [0.25, 0.3) is 5.89 Å². The lowest BCUT2D eigenvalue weighted by Gasteiger charge is -2.27. The lowest BCUT2D eigenvalue weighted by molar-refractivity contribution is 0.133. The first-order valence-corrected chi connectivity index (χ1v) is 8.10. The van der Waals surface area contributed by atoms with Crippen LogP contribution in [0.4, 0.5) is 4.39 Å². The van der Waals surface area contributed by atoms with Crippen molar-refractivity contribution in [3.8, 4) is 17.1 Å². The number of halogens is 1. The zero-order valence-corrected chi connectivity index (χ0v) is 13.4. The van der Waals surface area contributed by atoms with E-state index >= 15 is 0 Å². The smallest absolute Gasteiger partial charge is 0.261 e. The summed E-state index contributed by atoms with van der Waals surface area (Å²) in [5, 5.41) is 6.91. The Morgan fingerprint density at radius 2 is 2.08 bits per heavy atom. The fraction of sp³-hybridized carbons (Fsp3) is 0.278. The highest BCUT2D eigenvalue weighted by molar-refractivity contribution is 5.55. The highest BCUT2D eigenvalue weighted by Gasteiger charge is 2.32. The summed E-state index contributed by atoms with van der Waals surface area (Å²) >= 11 is 0. The van der Waals surface area contributed by atoms with E-state index in [1.165, 1.54) is 0 Å². The number of hydrogen-bond donors (Lipinski definition) is 1. The van der Waals surface area contributed by atoms with Crippen molar-refractivity contribution >= 4 is 0 Å². The molecule has 1 saturated heterocycles. The first-order chi connectivity index (χ1) is 12.3. The minimum absolute atomic E-state index is 0.0402. The molecule has 6 nitrogen and oxygen atoms in total. The second kappa shape index (κ2) is 6.98. The molecule has 128 valence electrons. The minimum Gasteiger partial charge on any atom is -0.489 e. The average molecular weight is 340 g/mol. The number of rotatable bonds is 6. The van der Waals surface area contributed by atoms with Gasteiger partial charge in [-0.15, -0.1) is 0 Å². The number of aromatic nitrogens is 3. The van der Waals surface area contributed by atoms with Gasteiger partial charge in [0.05, 0.1) is 0 Å². The molecule has 1 aliphatic heterocycles. The van der Waals surface area contributed by atoms with E-state index in [1.807, 2.05) is 36.4 Å². The van der Waals surface area contributed by atoms with E-state index in [2.05, 4.69) is 20.4 Å². The average Bonchev–Trinajstić information content (AvgIpc) is 3.10. The van der Waals surface area contributed by atoms with E-state index in [9.17, 15) is 4.39 Å². The van der Waals surface area contributed by atoms with Crippen LogP contribution in [0.2, 0.25) is 0 Å². The summed E-state index contributed by atoms with van der Waals surface area (Å²) in [4.78, 5) is 8.23. The third kappa shape index (κ3) is 3.51. The predicted molar refractivity (Wildman–Crippen MR) is 88.5 cm³/mol. The van der Waals surface area contributed by atoms with Crippen LogP contribution in [0, 0.1) is 5.92 Å². The third-order valence-corrected chi connectivity index (χ3v) is 4.15. The molecule has 0 amide bonds. The quantitative estimate of drug-likeness (QED) is 0.744. The van der Waals surface area contributed by atoms with Gasteiger partial charge in [0.1, 0.15) is 12.4 Å². The van der Waals surface area contributed by atoms with Crippen molar-refractivity contribution in [2.24, 2.45) is 5.92 Å². The lowest BCUT2D eigenvalue weighted by atomic mass is 9.97. The third-order valence-electron chi connectivity index (χ3n) is 4.15. The first-order valence-electron chi connectivity index (χ1n) is 8.10. The number of nitrogens with one attached hydrogen (secondary N) is 1. The van der Waals surface area contributed by atoms with Crippen molar-refractivity contribution in [2.75, 3.05) is 13.1 Å². The zero-order chi connectivity index (χ0) is 17.1. The SMILES string of the molecule is FC(c1nc(-c2ccc(OCc3cccnc3)cc2)no1)C1CNC1. The van der Waals surface area contributed by atoms with Crippen LogP contribution in [-0.4, -0.2) is 28.2 Å². The normalized spacial score (nSPS) is 15.6. The summed E-state index contributed by atoms with van der Waals surface area (Å²) in [7, 11) is 0. The Morgan fingerprint density at radius 3 is 2.76 bits per heavy atom. The van der Waals surface area contributed by atoms with Crippen molar-refractivity contribution in [1.82, 2.24) is 20.4 Å². The Hall–Kier alpha value is -2.80. The number of benzene rings is 1. The molecule has 1 fully saturated rings. The van der Waals surface area contributed by atoms with Crippen LogP contribution in [0.3, 0.4) is 0 Å². The van der Waals surface area contributed by atoms with Crippen LogP contribution >= 0.6 is 0 Å². The van der Waals surface area contributed by atoms with Crippen molar-refractivity contribution < 1.29 is 13.7 Å². The highest BCUT2D eigenvalue weighted by atomic mass is 19.1. The topological polar surface area (TPSA) is 73.1 Å². The molecule has 1 N–H and O–H groups in total. The molecule has 4 rings (SSSR count).